The van der Waals surface area contributed by atoms with Crippen LogP contribution in [0.4, 0.5) is 5.69 Å². The third kappa shape index (κ3) is 4.18. The van der Waals surface area contributed by atoms with E-state index < -0.39 is 4.92 Å². The molecule has 1 rings (SSSR count). The molecule has 0 aromatic heterocycles. The van der Waals surface area contributed by atoms with Crippen molar-refractivity contribution in [2.24, 2.45) is 10.8 Å². The fourth-order valence-electron chi connectivity index (χ4n) is 1.37. The number of nitro benzene ring substituents is 1. The van der Waals surface area contributed by atoms with Crippen LogP contribution in [-0.2, 0) is 0 Å². The van der Waals surface area contributed by atoms with Crippen LogP contribution in [0, 0.1) is 10.1 Å². The molecule has 0 fully saturated rings. The van der Waals surface area contributed by atoms with Gasteiger partial charge in [0.25, 0.3) is 0 Å². The number of ether oxygens (including phenoxy) is 1. The van der Waals surface area contributed by atoms with E-state index in [0.717, 1.165) is 0 Å². The number of benzene rings is 1. The molecule has 0 aliphatic carbocycles. The molecule has 0 spiro atoms. The normalized spacial score (nSPS) is 10.9. The van der Waals surface area contributed by atoms with Gasteiger partial charge in [-0.2, -0.15) is 5.10 Å². The number of thiocarbonyl (C=S) groups is 1. The van der Waals surface area contributed by atoms with Gasteiger partial charge >= 0.3 is 5.69 Å². The van der Waals surface area contributed by atoms with E-state index in [1.54, 1.807) is 19.9 Å². The lowest BCUT2D eigenvalue weighted by Gasteiger charge is -2.06. The van der Waals surface area contributed by atoms with Gasteiger partial charge in [-0.3, -0.25) is 15.5 Å². The molecule has 0 amide bonds. The van der Waals surface area contributed by atoms with E-state index in [-0.39, 0.29) is 16.5 Å². The zero-order chi connectivity index (χ0) is 14.4. The fourth-order valence-corrected chi connectivity index (χ4v) is 1.41. The zero-order valence-corrected chi connectivity index (χ0v) is 11.4. The number of nitrogens with zero attached hydrogens (tertiary/aromatic N) is 2. The van der Waals surface area contributed by atoms with Crippen molar-refractivity contribution in [2.45, 2.75) is 13.8 Å². The largest absolute Gasteiger partial charge is 0.487 e. The van der Waals surface area contributed by atoms with Crippen molar-refractivity contribution >= 4 is 28.7 Å². The summed E-state index contributed by atoms with van der Waals surface area (Å²) in [6.07, 6.45) is 0. The van der Waals surface area contributed by atoms with Crippen molar-refractivity contribution in [2.75, 3.05) is 6.61 Å². The van der Waals surface area contributed by atoms with Crippen LogP contribution in [0.1, 0.15) is 19.4 Å². The van der Waals surface area contributed by atoms with Gasteiger partial charge in [-0.15, -0.1) is 0 Å². The van der Waals surface area contributed by atoms with Gasteiger partial charge in [-0.1, -0.05) is 0 Å². The molecule has 1 aromatic rings. The molecule has 0 aliphatic rings. The van der Waals surface area contributed by atoms with Gasteiger partial charge in [0, 0.05) is 11.6 Å². The minimum Gasteiger partial charge on any atom is -0.487 e. The van der Waals surface area contributed by atoms with Gasteiger partial charge in [-0.25, -0.2) is 0 Å². The molecule has 0 radical (unpaired) electrons. The van der Waals surface area contributed by atoms with E-state index in [4.69, 9.17) is 10.5 Å². The molecule has 3 N–H and O–H groups in total. The minimum atomic E-state index is -0.497. The second-order valence-electron chi connectivity index (χ2n) is 3.55. The van der Waals surface area contributed by atoms with Gasteiger partial charge in [-0.05, 0) is 38.2 Å². The maximum atomic E-state index is 11.0. The van der Waals surface area contributed by atoms with Gasteiger partial charge in [0.15, 0.2) is 10.9 Å². The van der Waals surface area contributed by atoms with Crippen molar-refractivity contribution in [1.29, 1.82) is 0 Å². The number of nitro groups is 1. The van der Waals surface area contributed by atoms with E-state index >= 15 is 0 Å². The monoisotopic (exact) mass is 282 g/mol. The van der Waals surface area contributed by atoms with Crippen molar-refractivity contribution in [3.63, 3.8) is 0 Å². The summed E-state index contributed by atoms with van der Waals surface area (Å²) in [5.74, 6) is 0.228. The molecule has 0 saturated carbocycles. The predicted octanol–water partition coefficient (Wildman–Crippen LogP) is 1.55. The molecule has 0 aliphatic heterocycles. The first-order valence-corrected chi connectivity index (χ1v) is 5.87. The van der Waals surface area contributed by atoms with E-state index in [0.29, 0.717) is 17.9 Å². The van der Waals surface area contributed by atoms with Crippen LogP contribution in [-0.4, -0.2) is 22.4 Å². The Morgan fingerprint density at radius 1 is 1.63 bits per heavy atom. The molecule has 0 heterocycles. The van der Waals surface area contributed by atoms with Gasteiger partial charge in [0.05, 0.1) is 17.2 Å². The molecule has 0 saturated heterocycles. The maximum absolute atomic E-state index is 11.0. The third-order valence-corrected chi connectivity index (χ3v) is 2.30. The van der Waals surface area contributed by atoms with Crippen LogP contribution in [0.5, 0.6) is 5.75 Å². The first-order chi connectivity index (χ1) is 8.95. The lowest BCUT2D eigenvalue weighted by Crippen LogP contribution is -2.25. The Kier molecular flexibility index (Phi) is 5.19. The van der Waals surface area contributed by atoms with Crippen molar-refractivity contribution < 1.29 is 9.66 Å². The summed E-state index contributed by atoms with van der Waals surface area (Å²) >= 11 is 4.62. The maximum Gasteiger partial charge on any atom is 0.311 e. The highest BCUT2D eigenvalue weighted by Gasteiger charge is 2.16. The summed E-state index contributed by atoms with van der Waals surface area (Å²) < 4.78 is 5.19. The van der Waals surface area contributed by atoms with E-state index in [2.05, 4.69) is 22.7 Å². The Hall–Kier alpha value is -2.22. The van der Waals surface area contributed by atoms with Crippen LogP contribution in [0.3, 0.4) is 0 Å². The predicted molar refractivity (Wildman–Crippen MR) is 76.4 cm³/mol. The zero-order valence-electron chi connectivity index (χ0n) is 10.5. The number of hydrazone groups is 1. The lowest BCUT2D eigenvalue weighted by molar-refractivity contribution is -0.385. The Morgan fingerprint density at radius 3 is 2.84 bits per heavy atom. The third-order valence-electron chi connectivity index (χ3n) is 2.21. The van der Waals surface area contributed by atoms with Gasteiger partial charge in [0.2, 0.25) is 0 Å². The summed E-state index contributed by atoms with van der Waals surface area (Å²) in [4.78, 5) is 10.5. The van der Waals surface area contributed by atoms with Crippen molar-refractivity contribution in [1.82, 2.24) is 5.43 Å². The number of hydrogen-bond donors (Lipinski definition) is 2. The van der Waals surface area contributed by atoms with Crippen molar-refractivity contribution in [3.8, 4) is 5.75 Å². The summed E-state index contributed by atoms with van der Waals surface area (Å²) in [5, 5.41) is 14.9. The second-order valence-corrected chi connectivity index (χ2v) is 3.99. The summed E-state index contributed by atoms with van der Waals surface area (Å²) in [5.41, 5.74) is 8.68. The molecule has 19 heavy (non-hydrogen) atoms. The number of nitrogens with two attached hydrogens (primary N) is 1. The van der Waals surface area contributed by atoms with Crippen molar-refractivity contribution in [3.05, 3.63) is 33.9 Å². The standard InChI is InChI=1S/C11H14N4O3S/c1-3-18-10-5-4-8(6-9(10)15(16)17)7(2)13-14-11(12)19/h4-6H,3H2,1-2H3,(H3,12,14,19)/b13-7+. The molecule has 0 bridgehead atoms. The van der Waals surface area contributed by atoms with Crippen LogP contribution in [0.2, 0.25) is 0 Å². The highest BCUT2D eigenvalue weighted by molar-refractivity contribution is 7.80. The summed E-state index contributed by atoms with van der Waals surface area (Å²) in [6.45, 7) is 3.80. The minimum absolute atomic E-state index is 0.0276. The second kappa shape index (κ2) is 6.64. The fraction of sp³-hybridized carbons (Fsp3) is 0.273. The molecule has 1 aromatic carbocycles. The smallest absolute Gasteiger partial charge is 0.311 e. The molecule has 7 nitrogen and oxygen atoms in total. The first kappa shape index (κ1) is 14.8. The van der Waals surface area contributed by atoms with Crippen LogP contribution >= 0.6 is 12.2 Å². The van der Waals surface area contributed by atoms with E-state index in [1.165, 1.54) is 12.1 Å². The Morgan fingerprint density at radius 2 is 2.32 bits per heavy atom. The lowest BCUT2D eigenvalue weighted by atomic mass is 10.1. The molecular formula is C11H14N4O3S. The number of hydrogen-bond acceptors (Lipinski definition) is 5. The van der Waals surface area contributed by atoms with E-state index in [9.17, 15) is 10.1 Å². The summed E-state index contributed by atoms with van der Waals surface area (Å²) in [7, 11) is 0. The van der Waals surface area contributed by atoms with Gasteiger partial charge < -0.3 is 10.5 Å². The quantitative estimate of drug-likeness (QED) is 0.367. The molecule has 8 heteroatoms. The van der Waals surface area contributed by atoms with Crippen LogP contribution in [0.15, 0.2) is 23.3 Å². The summed E-state index contributed by atoms with van der Waals surface area (Å²) in [6, 6.07) is 4.61. The molecular weight excluding hydrogens is 268 g/mol. The Bertz CT molecular complexity index is 531. The van der Waals surface area contributed by atoms with Crippen LogP contribution in [0.25, 0.3) is 0 Å². The topological polar surface area (TPSA) is 103 Å². The first-order valence-electron chi connectivity index (χ1n) is 5.47. The van der Waals surface area contributed by atoms with Gasteiger partial charge in [0.1, 0.15) is 0 Å². The molecule has 102 valence electrons. The highest BCUT2D eigenvalue weighted by atomic mass is 32.1. The highest BCUT2D eigenvalue weighted by Crippen LogP contribution is 2.28. The number of nitrogens with one attached hydrogen (secondary N) is 1. The SMILES string of the molecule is CCOc1ccc(/C(C)=N/NC(N)=S)cc1[N+](=O)[O-]. The Balaban J connectivity index is 3.11. The molecule has 0 unspecified atom stereocenters. The molecule has 0 atom stereocenters. The average Bonchev–Trinajstić information content (AvgIpc) is 2.36. The number of rotatable bonds is 5. The Labute approximate surface area is 115 Å². The van der Waals surface area contributed by atoms with Crippen LogP contribution < -0.4 is 15.9 Å². The van der Waals surface area contributed by atoms with E-state index in [1.807, 2.05) is 0 Å². The average molecular weight is 282 g/mol.